The SMILES string of the molecule is CCCCCC/C=C/CC(O)CCO.CCCCCC/C=C/CC(O)CCO. The lowest BCUT2D eigenvalue weighted by molar-refractivity contribution is 0.135. The molecule has 0 saturated carbocycles. The van der Waals surface area contributed by atoms with Crippen molar-refractivity contribution in [1.29, 1.82) is 0 Å². The minimum atomic E-state index is -0.369. The zero-order valence-corrected chi connectivity index (χ0v) is 18.6. The molecule has 0 fully saturated rings. The van der Waals surface area contributed by atoms with Gasteiger partial charge < -0.3 is 20.4 Å². The van der Waals surface area contributed by atoms with E-state index in [0.29, 0.717) is 25.7 Å². The molecule has 2 atom stereocenters. The maximum Gasteiger partial charge on any atom is 0.0596 e. The zero-order valence-electron chi connectivity index (χ0n) is 18.6. The van der Waals surface area contributed by atoms with Crippen LogP contribution in [0.15, 0.2) is 24.3 Å². The summed E-state index contributed by atoms with van der Waals surface area (Å²) in [5.74, 6) is 0. The largest absolute Gasteiger partial charge is 0.396 e. The summed E-state index contributed by atoms with van der Waals surface area (Å²) in [6.07, 6.45) is 22.4. The molecule has 2 unspecified atom stereocenters. The summed E-state index contributed by atoms with van der Waals surface area (Å²) in [6, 6.07) is 0. The molecular weight excluding hydrogens is 352 g/mol. The van der Waals surface area contributed by atoms with E-state index in [1.807, 2.05) is 12.2 Å². The summed E-state index contributed by atoms with van der Waals surface area (Å²) >= 11 is 0. The number of rotatable bonds is 18. The molecule has 0 spiro atoms. The van der Waals surface area contributed by atoms with Gasteiger partial charge in [-0.05, 0) is 51.4 Å². The number of hydrogen-bond donors (Lipinski definition) is 4. The number of aliphatic hydroxyl groups is 4. The van der Waals surface area contributed by atoms with Crippen LogP contribution in [0.4, 0.5) is 0 Å². The third-order valence-corrected chi connectivity index (χ3v) is 4.52. The Bertz CT molecular complexity index is 297. The van der Waals surface area contributed by atoms with Crippen LogP contribution in [0.5, 0.6) is 0 Å². The van der Waals surface area contributed by atoms with Gasteiger partial charge in [-0.1, -0.05) is 76.7 Å². The van der Waals surface area contributed by atoms with Gasteiger partial charge in [0.1, 0.15) is 0 Å². The van der Waals surface area contributed by atoms with Gasteiger partial charge in [-0.2, -0.15) is 0 Å². The van der Waals surface area contributed by atoms with E-state index >= 15 is 0 Å². The van der Waals surface area contributed by atoms with Gasteiger partial charge in [0.15, 0.2) is 0 Å². The highest BCUT2D eigenvalue weighted by Crippen LogP contribution is 2.05. The van der Waals surface area contributed by atoms with Crippen molar-refractivity contribution in [3.05, 3.63) is 24.3 Å². The molecule has 0 saturated heterocycles. The summed E-state index contributed by atoms with van der Waals surface area (Å²) in [5.41, 5.74) is 0. The van der Waals surface area contributed by atoms with Gasteiger partial charge in [0.25, 0.3) is 0 Å². The topological polar surface area (TPSA) is 80.9 Å². The van der Waals surface area contributed by atoms with E-state index in [1.54, 1.807) is 0 Å². The predicted molar refractivity (Wildman–Crippen MR) is 120 cm³/mol. The molecular formula is C24H48O4. The van der Waals surface area contributed by atoms with E-state index in [0.717, 1.165) is 12.8 Å². The maximum absolute atomic E-state index is 9.28. The van der Waals surface area contributed by atoms with E-state index in [1.165, 1.54) is 51.4 Å². The molecule has 28 heavy (non-hydrogen) atoms. The Hall–Kier alpha value is -0.680. The molecule has 0 radical (unpaired) electrons. The Kier molecular flexibility index (Phi) is 27.7. The monoisotopic (exact) mass is 400 g/mol. The summed E-state index contributed by atoms with van der Waals surface area (Å²) in [7, 11) is 0. The highest BCUT2D eigenvalue weighted by Gasteiger charge is 1.99. The Morgan fingerprint density at radius 2 is 0.964 bits per heavy atom. The standard InChI is InChI=1S/2C12H24O2/c2*1-2-3-4-5-6-7-8-9-12(14)10-11-13/h2*7-8,12-14H,2-6,9-11H2,1H3/b2*8-7+. The van der Waals surface area contributed by atoms with Gasteiger partial charge in [0.2, 0.25) is 0 Å². The van der Waals surface area contributed by atoms with Crippen molar-refractivity contribution in [3.63, 3.8) is 0 Å². The molecule has 0 aromatic heterocycles. The fourth-order valence-corrected chi connectivity index (χ4v) is 2.65. The van der Waals surface area contributed by atoms with Gasteiger partial charge in [-0.3, -0.25) is 0 Å². The molecule has 0 bridgehead atoms. The number of hydrogen-bond acceptors (Lipinski definition) is 4. The van der Waals surface area contributed by atoms with Crippen LogP contribution in [0, 0.1) is 0 Å². The first-order valence-electron chi connectivity index (χ1n) is 11.5. The van der Waals surface area contributed by atoms with E-state index in [4.69, 9.17) is 10.2 Å². The molecule has 4 heteroatoms. The molecule has 0 aliphatic carbocycles. The minimum Gasteiger partial charge on any atom is -0.396 e. The van der Waals surface area contributed by atoms with E-state index < -0.39 is 0 Å². The lowest BCUT2D eigenvalue weighted by atomic mass is 10.1. The van der Waals surface area contributed by atoms with Crippen molar-refractivity contribution in [2.75, 3.05) is 13.2 Å². The Balaban J connectivity index is 0. The second-order valence-corrected chi connectivity index (χ2v) is 7.45. The molecule has 0 amide bonds. The van der Waals surface area contributed by atoms with Gasteiger partial charge in [-0.15, -0.1) is 0 Å². The molecule has 0 rings (SSSR count). The first-order chi connectivity index (χ1) is 13.6. The van der Waals surface area contributed by atoms with Crippen LogP contribution >= 0.6 is 0 Å². The number of unbranched alkanes of at least 4 members (excludes halogenated alkanes) is 8. The average molecular weight is 401 g/mol. The second kappa shape index (κ2) is 26.3. The maximum atomic E-state index is 9.28. The molecule has 4 nitrogen and oxygen atoms in total. The van der Waals surface area contributed by atoms with Crippen LogP contribution in [-0.4, -0.2) is 45.8 Å². The number of aliphatic hydroxyl groups excluding tert-OH is 4. The van der Waals surface area contributed by atoms with Crippen LogP contribution in [-0.2, 0) is 0 Å². The van der Waals surface area contributed by atoms with Crippen LogP contribution in [0.2, 0.25) is 0 Å². The third kappa shape index (κ3) is 27.5. The van der Waals surface area contributed by atoms with Gasteiger partial charge in [-0.25, -0.2) is 0 Å². The van der Waals surface area contributed by atoms with Crippen LogP contribution in [0.1, 0.15) is 104 Å². The van der Waals surface area contributed by atoms with E-state index in [9.17, 15) is 10.2 Å². The summed E-state index contributed by atoms with van der Waals surface area (Å²) in [5, 5.41) is 35.7. The van der Waals surface area contributed by atoms with Crippen molar-refractivity contribution in [1.82, 2.24) is 0 Å². The summed E-state index contributed by atoms with van der Waals surface area (Å²) in [6.45, 7) is 4.57. The Morgan fingerprint density at radius 1 is 0.571 bits per heavy atom. The Morgan fingerprint density at radius 3 is 1.29 bits per heavy atom. The minimum absolute atomic E-state index is 0.0749. The first kappa shape index (κ1) is 29.5. The van der Waals surface area contributed by atoms with Gasteiger partial charge in [0.05, 0.1) is 12.2 Å². The van der Waals surface area contributed by atoms with Crippen LogP contribution < -0.4 is 0 Å². The van der Waals surface area contributed by atoms with Crippen molar-refractivity contribution in [2.24, 2.45) is 0 Å². The molecule has 0 heterocycles. The van der Waals surface area contributed by atoms with E-state index in [2.05, 4.69) is 26.0 Å². The zero-order chi connectivity index (χ0) is 21.3. The molecule has 0 aromatic rings. The summed E-state index contributed by atoms with van der Waals surface area (Å²) < 4.78 is 0. The fraction of sp³-hybridized carbons (Fsp3) is 0.833. The van der Waals surface area contributed by atoms with Crippen molar-refractivity contribution >= 4 is 0 Å². The second-order valence-electron chi connectivity index (χ2n) is 7.45. The quantitative estimate of drug-likeness (QED) is 0.186. The molecule has 0 aliphatic rings. The van der Waals surface area contributed by atoms with Crippen molar-refractivity contribution < 1.29 is 20.4 Å². The molecule has 4 N–H and O–H groups in total. The van der Waals surface area contributed by atoms with Crippen molar-refractivity contribution in [2.45, 2.75) is 116 Å². The first-order valence-corrected chi connectivity index (χ1v) is 11.5. The van der Waals surface area contributed by atoms with Crippen LogP contribution in [0.25, 0.3) is 0 Å². The molecule has 168 valence electrons. The normalized spacial score (nSPS) is 13.6. The number of allylic oxidation sites excluding steroid dienone is 2. The van der Waals surface area contributed by atoms with Crippen LogP contribution in [0.3, 0.4) is 0 Å². The lowest BCUT2D eigenvalue weighted by Gasteiger charge is -2.03. The van der Waals surface area contributed by atoms with Crippen molar-refractivity contribution in [3.8, 4) is 0 Å². The predicted octanol–water partition coefficient (Wildman–Crippen LogP) is 5.29. The van der Waals surface area contributed by atoms with Gasteiger partial charge in [0, 0.05) is 13.2 Å². The van der Waals surface area contributed by atoms with E-state index in [-0.39, 0.29) is 25.4 Å². The lowest BCUT2D eigenvalue weighted by Crippen LogP contribution is -2.06. The van der Waals surface area contributed by atoms with Gasteiger partial charge >= 0.3 is 0 Å². The highest BCUT2D eigenvalue weighted by molar-refractivity contribution is 4.84. The average Bonchev–Trinajstić information content (AvgIpc) is 2.67. The summed E-state index contributed by atoms with van der Waals surface area (Å²) in [4.78, 5) is 0. The Labute approximate surface area is 174 Å². The fourth-order valence-electron chi connectivity index (χ4n) is 2.65. The highest BCUT2D eigenvalue weighted by atomic mass is 16.3. The third-order valence-electron chi connectivity index (χ3n) is 4.52. The molecule has 0 aliphatic heterocycles. The molecule has 0 aromatic carbocycles. The smallest absolute Gasteiger partial charge is 0.0596 e.